The van der Waals surface area contributed by atoms with Crippen LogP contribution in [0.15, 0.2) is 6.07 Å². The molecule has 1 aromatic heterocycles. The van der Waals surface area contributed by atoms with E-state index in [9.17, 15) is 4.79 Å². The van der Waals surface area contributed by atoms with Crippen LogP contribution in [0, 0.1) is 6.92 Å². The second-order valence-corrected chi connectivity index (χ2v) is 3.19. The zero-order valence-corrected chi connectivity index (χ0v) is 7.90. The third kappa shape index (κ3) is 2.24. The molecular weight excluding hydrogens is 168 g/mol. The van der Waals surface area contributed by atoms with Gasteiger partial charge in [0.25, 0.3) is 0 Å². The molecule has 1 rings (SSSR count). The molecule has 1 aromatic rings. The molecule has 0 aliphatic rings. The number of aromatic nitrogens is 2. The van der Waals surface area contributed by atoms with Gasteiger partial charge < -0.3 is 5.11 Å². The molecule has 0 radical (unpaired) electrons. The van der Waals surface area contributed by atoms with E-state index in [-0.39, 0.29) is 11.6 Å². The summed E-state index contributed by atoms with van der Waals surface area (Å²) < 4.78 is 0. The van der Waals surface area contributed by atoms with Crippen LogP contribution in [0.4, 0.5) is 0 Å². The SMILES string of the molecule is Cc1nc(C(=O)O)cc(C(C)C)n1. The van der Waals surface area contributed by atoms with Crippen LogP contribution in [0.5, 0.6) is 0 Å². The molecule has 0 unspecified atom stereocenters. The third-order valence-corrected chi connectivity index (χ3v) is 1.67. The van der Waals surface area contributed by atoms with Crippen molar-refractivity contribution in [3.05, 3.63) is 23.3 Å². The Labute approximate surface area is 76.7 Å². The van der Waals surface area contributed by atoms with Crippen molar-refractivity contribution in [3.8, 4) is 0 Å². The Hall–Kier alpha value is -1.45. The van der Waals surface area contributed by atoms with E-state index in [1.165, 1.54) is 6.07 Å². The highest BCUT2D eigenvalue weighted by Crippen LogP contribution is 2.12. The van der Waals surface area contributed by atoms with Gasteiger partial charge in [0.1, 0.15) is 5.82 Å². The minimum Gasteiger partial charge on any atom is -0.477 e. The van der Waals surface area contributed by atoms with E-state index in [2.05, 4.69) is 9.97 Å². The molecule has 13 heavy (non-hydrogen) atoms. The second-order valence-electron chi connectivity index (χ2n) is 3.19. The molecule has 0 saturated heterocycles. The summed E-state index contributed by atoms with van der Waals surface area (Å²) in [7, 11) is 0. The first kappa shape index (κ1) is 9.64. The summed E-state index contributed by atoms with van der Waals surface area (Å²) in [5, 5.41) is 8.73. The first-order valence-corrected chi connectivity index (χ1v) is 4.09. The van der Waals surface area contributed by atoms with Crippen molar-refractivity contribution < 1.29 is 9.90 Å². The highest BCUT2D eigenvalue weighted by Gasteiger charge is 2.09. The van der Waals surface area contributed by atoms with E-state index in [0.29, 0.717) is 5.82 Å². The molecule has 0 aliphatic carbocycles. The van der Waals surface area contributed by atoms with Gasteiger partial charge in [0.15, 0.2) is 5.69 Å². The van der Waals surface area contributed by atoms with Crippen molar-refractivity contribution in [2.75, 3.05) is 0 Å². The van der Waals surface area contributed by atoms with Gasteiger partial charge in [-0.1, -0.05) is 13.8 Å². The van der Waals surface area contributed by atoms with E-state index in [4.69, 9.17) is 5.11 Å². The minimum atomic E-state index is -1.01. The fourth-order valence-corrected chi connectivity index (χ4v) is 0.996. The van der Waals surface area contributed by atoms with Crippen LogP contribution < -0.4 is 0 Å². The molecule has 0 atom stereocenters. The molecule has 0 fully saturated rings. The number of nitrogens with zero attached hydrogens (tertiary/aromatic N) is 2. The molecule has 70 valence electrons. The van der Waals surface area contributed by atoms with Crippen LogP contribution in [-0.2, 0) is 0 Å². The lowest BCUT2D eigenvalue weighted by atomic mass is 10.1. The minimum absolute atomic E-state index is 0.0659. The summed E-state index contributed by atoms with van der Waals surface area (Å²) in [6, 6.07) is 1.51. The normalized spacial score (nSPS) is 10.5. The topological polar surface area (TPSA) is 63.1 Å². The zero-order valence-electron chi connectivity index (χ0n) is 7.90. The molecule has 1 N–H and O–H groups in total. The Kier molecular flexibility index (Phi) is 2.60. The zero-order chi connectivity index (χ0) is 10.0. The molecule has 4 nitrogen and oxygen atoms in total. The smallest absolute Gasteiger partial charge is 0.354 e. The van der Waals surface area contributed by atoms with Crippen molar-refractivity contribution >= 4 is 5.97 Å². The number of rotatable bonds is 2. The van der Waals surface area contributed by atoms with Crippen LogP contribution in [0.1, 0.15) is 41.8 Å². The quantitative estimate of drug-likeness (QED) is 0.750. The van der Waals surface area contributed by atoms with Gasteiger partial charge in [0.05, 0.1) is 0 Å². The Morgan fingerprint density at radius 1 is 1.46 bits per heavy atom. The molecule has 4 heteroatoms. The van der Waals surface area contributed by atoms with E-state index >= 15 is 0 Å². The number of aryl methyl sites for hydroxylation is 1. The lowest BCUT2D eigenvalue weighted by molar-refractivity contribution is 0.0689. The van der Waals surface area contributed by atoms with E-state index in [0.717, 1.165) is 5.69 Å². The summed E-state index contributed by atoms with van der Waals surface area (Å²) in [5.74, 6) is -0.282. The fourth-order valence-electron chi connectivity index (χ4n) is 0.996. The molecule has 0 amide bonds. The second kappa shape index (κ2) is 3.51. The number of hydrogen-bond donors (Lipinski definition) is 1. The van der Waals surface area contributed by atoms with Crippen LogP contribution >= 0.6 is 0 Å². The first-order chi connectivity index (χ1) is 6.00. The Bertz CT molecular complexity index is 334. The van der Waals surface area contributed by atoms with Crippen molar-refractivity contribution in [1.82, 2.24) is 9.97 Å². The van der Waals surface area contributed by atoms with Crippen molar-refractivity contribution in [3.63, 3.8) is 0 Å². The number of hydrogen-bond acceptors (Lipinski definition) is 3. The van der Waals surface area contributed by atoms with E-state index < -0.39 is 5.97 Å². The Morgan fingerprint density at radius 3 is 2.54 bits per heavy atom. The van der Waals surface area contributed by atoms with Gasteiger partial charge in [-0.25, -0.2) is 14.8 Å². The summed E-state index contributed by atoms with van der Waals surface area (Å²) in [6.07, 6.45) is 0. The third-order valence-electron chi connectivity index (χ3n) is 1.67. The van der Waals surface area contributed by atoms with Crippen LogP contribution in [-0.4, -0.2) is 21.0 Å². The average Bonchev–Trinajstić information content (AvgIpc) is 2.03. The fraction of sp³-hybridized carbons (Fsp3) is 0.444. The molecule has 0 spiro atoms. The summed E-state index contributed by atoms with van der Waals surface area (Å²) in [5.41, 5.74) is 0.834. The first-order valence-electron chi connectivity index (χ1n) is 4.09. The van der Waals surface area contributed by atoms with Crippen molar-refractivity contribution in [2.45, 2.75) is 26.7 Å². The van der Waals surface area contributed by atoms with Crippen LogP contribution in [0.2, 0.25) is 0 Å². The average molecular weight is 180 g/mol. The van der Waals surface area contributed by atoms with Gasteiger partial charge >= 0.3 is 5.97 Å². The van der Waals surface area contributed by atoms with Crippen LogP contribution in [0.25, 0.3) is 0 Å². The highest BCUT2D eigenvalue weighted by atomic mass is 16.4. The lowest BCUT2D eigenvalue weighted by Crippen LogP contribution is -2.06. The summed E-state index contributed by atoms with van der Waals surface area (Å²) in [6.45, 7) is 5.62. The van der Waals surface area contributed by atoms with Gasteiger partial charge in [0, 0.05) is 5.69 Å². The molecule has 0 aliphatic heterocycles. The maximum Gasteiger partial charge on any atom is 0.354 e. The van der Waals surface area contributed by atoms with Gasteiger partial charge in [-0.05, 0) is 18.9 Å². The maximum atomic E-state index is 10.6. The predicted octanol–water partition coefficient (Wildman–Crippen LogP) is 1.61. The van der Waals surface area contributed by atoms with Crippen LogP contribution in [0.3, 0.4) is 0 Å². The predicted molar refractivity (Wildman–Crippen MR) is 47.8 cm³/mol. The highest BCUT2D eigenvalue weighted by molar-refractivity contribution is 5.85. The van der Waals surface area contributed by atoms with Gasteiger partial charge in [0.2, 0.25) is 0 Å². The van der Waals surface area contributed by atoms with E-state index in [1.807, 2.05) is 13.8 Å². The molecule has 0 aromatic carbocycles. The standard InChI is InChI=1S/C9H12N2O2/c1-5(2)7-4-8(9(12)13)11-6(3)10-7/h4-5H,1-3H3,(H,12,13). The Morgan fingerprint density at radius 2 is 2.08 bits per heavy atom. The van der Waals surface area contributed by atoms with Crippen molar-refractivity contribution in [2.24, 2.45) is 0 Å². The molecule has 0 saturated carbocycles. The van der Waals surface area contributed by atoms with Gasteiger partial charge in [-0.3, -0.25) is 0 Å². The number of aromatic carboxylic acids is 1. The largest absolute Gasteiger partial charge is 0.477 e. The number of carbonyl (C=O) groups is 1. The Balaban J connectivity index is 3.19. The van der Waals surface area contributed by atoms with Crippen molar-refractivity contribution in [1.29, 1.82) is 0 Å². The van der Waals surface area contributed by atoms with Gasteiger partial charge in [-0.2, -0.15) is 0 Å². The monoisotopic (exact) mass is 180 g/mol. The summed E-state index contributed by atoms with van der Waals surface area (Å²) >= 11 is 0. The number of carboxylic acids is 1. The number of carboxylic acid groups (broad SMARTS) is 1. The maximum absolute atomic E-state index is 10.6. The van der Waals surface area contributed by atoms with E-state index in [1.54, 1.807) is 6.92 Å². The molecule has 0 bridgehead atoms. The molecular formula is C9H12N2O2. The molecule has 1 heterocycles. The lowest BCUT2D eigenvalue weighted by Gasteiger charge is -2.05. The van der Waals surface area contributed by atoms with Gasteiger partial charge in [-0.15, -0.1) is 0 Å². The summed E-state index contributed by atoms with van der Waals surface area (Å²) in [4.78, 5) is 18.6.